The highest BCUT2D eigenvalue weighted by Gasteiger charge is 2.43. The Morgan fingerprint density at radius 2 is 1.76 bits per heavy atom. The van der Waals surface area contributed by atoms with Gasteiger partial charge in [-0.2, -0.15) is 13.2 Å². The Kier molecular flexibility index (Phi) is 6.92. The Morgan fingerprint density at radius 3 is 2.35 bits per heavy atom. The van der Waals surface area contributed by atoms with Crippen LogP contribution < -0.4 is 15.5 Å². The number of benzene rings is 2. The first-order chi connectivity index (χ1) is 17.2. The molecule has 1 heterocycles. The van der Waals surface area contributed by atoms with E-state index in [2.05, 4.69) is 10.6 Å². The molecule has 9 heteroatoms. The second-order valence-corrected chi connectivity index (χ2v) is 11.0. The van der Waals surface area contributed by atoms with Gasteiger partial charge in [0.05, 0.1) is 16.3 Å². The predicted octanol–water partition coefficient (Wildman–Crippen LogP) is 6.67. The van der Waals surface area contributed by atoms with E-state index in [9.17, 15) is 22.8 Å². The molecule has 0 saturated carbocycles. The zero-order chi connectivity index (χ0) is 27.3. The van der Waals surface area contributed by atoms with E-state index in [1.165, 1.54) is 0 Å². The van der Waals surface area contributed by atoms with Crippen LogP contribution in [0.15, 0.2) is 65.0 Å². The van der Waals surface area contributed by atoms with Gasteiger partial charge in [-0.1, -0.05) is 37.6 Å². The van der Waals surface area contributed by atoms with Gasteiger partial charge in [0.2, 0.25) is 0 Å². The highest BCUT2D eigenvalue weighted by molar-refractivity contribution is 6.34. The number of carbonyl (C=O) groups excluding carboxylic acids is 2. The Bertz CT molecular complexity index is 1330. The maximum absolute atomic E-state index is 13.7. The van der Waals surface area contributed by atoms with Crippen LogP contribution in [-0.2, 0) is 15.8 Å². The summed E-state index contributed by atoms with van der Waals surface area (Å²) >= 11 is 6.15. The largest absolute Gasteiger partial charge is 0.416 e. The van der Waals surface area contributed by atoms with Crippen LogP contribution in [0.25, 0.3) is 0 Å². The lowest BCUT2D eigenvalue weighted by atomic mass is 9.68. The normalized spacial score (nSPS) is 19.4. The molecule has 1 aliphatic heterocycles. The summed E-state index contributed by atoms with van der Waals surface area (Å²) in [7, 11) is 3.82. The number of halogens is 4. The molecule has 0 spiro atoms. The first-order valence-corrected chi connectivity index (χ1v) is 12.2. The fourth-order valence-electron chi connectivity index (χ4n) is 5.02. The fraction of sp³-hybridized carbons (Fsp3) is 0.357. The first kappa shape index (κ1) is 26.8. The van der Waals surface area contributed by atoms with Gasteiger partial charge in [0.15, 0.2) is 5.78 Å². The number of nitrogens with one attached hydrogen (secondary N) is 2. The Balaban J connectivity index is 1.80. The molecule has 2 aromatic rings. The van der Waals surface area contributed by atoms with Crippen LogP contribution in [-0.4, -0.2) is 25.8 Å². The zero-order valence-corrected chi connectivity index (χ0v) is 22.1. The lowest BCUT2D eigenvalue weighted by molar-refractivity contribution is -0.137. The van der Waals surface area contributed by atoms with Crippen molar-refractivity contribution in [3.63, 3.8) is 0 Å². The molecule has 1 atom stereocenters. The molecule has 1 amide bonds. The number of dihydropyridines is 1. The maximum atomic E-state index is 13.7. The molecule has 5 nitrogen and oxygen atoms in total. The number of amides is 1. The average molecular weight is 532 g/mol. The van der Waals surface area contributed by atoms with Crippen LogP contribution in [0.5, 0.6) is 0 Å². The molecule has 0 unspecified atom stereocenters. The Labute approximate surface area is 219 Å². The molecule has 0 saturated heterocycles. The topological polar surface area (TPSA) is 61.4 Å². The first-order valence-electron chi connectivity index (χ1n) is 11.9. The van der Waals surface area contributed by atoms with Gasteiger partial charge >= 0.3 is 6.18 Å². The van der Waals surface area contributed by atoms with Gasteiger partial charge in [-0.3, -0.25) is 9.59 Å². The van der Waals surface area contributed by atoms with Crippen molar-refractivity contribution < 1.29 is 22.8 Å². The monoisotopic (exact) mass is 531 g/mol. The van der Waals surface area contributed by atoms with Crippen LogP contribution >= 0.6 is 11.6 Å². The number of nitrogens with zero attached hydrogens (tertiary/aromatic N) is 1. The summed E-state index contributed by atoms with van der Waals surface area (Å²) in [5, 5.41) is 5.80. The summed E-state index contributed by atoms with van der Waals surface area (Å²) in [6.45, 7) is 5.78. The quantitative estimate of drug-likeness (QED) is 0.463. The number of allylic oxidation sites excluding steroid dienone is 3. The van der Waals surface area contributed by atoms with Gasteiger partial charge in [-0.15, -0.1) is 0 Å². The van der Waals surface area contributed by atoms with Crippen LogP contribution in [0, 0.1) is 5.41 Å². The van der Waals surface area contributed by atoms with E-state index in [1.54, 1.807) is 6.92 Å². The number of hydrogen-bond acceptors (Lipinski definition) is 4. The second kappa shape index (κ2) is 9.56. The molecule has 4 rings (SSSR count). The summed E-state index contributed by atoms with van der Waals surface area (Å²) in [5.41, 5.74) is 2.46. The van der Waals surface area contributed by atoms with Crippen LogP contribution in [0.4, 0.5) is 24.5 Å². The van der Waals surface area contributed by atoms with Gasteiger partial charge in [0.25, 0.3) is 5.91 Å². The van der Waals surface area contributed by atoms with E-state index in [-0.39, 0.29) is 27.5 Å². The molecular formula is C28H29ClF3N3O2. The number of ketones is 1. The van der Waals surface area contributed by atoms with Crippen LogP contribution in [0.2, 0.25) is 5.02 Å². The van der Waals surface area contributed by atoms with Crippen molar-refractivity contribution in [2.24, 2.45) is 5.41 Å². The van der Waals surface area contributed by atoms with Gasteiger partial charge in [-0.05, 0) is 54.7 Å². The highest BCUT2D eigenvalue weighted by Crippen LogP contribution is 2.47. The van der Waals surface area contributed by atoms with E-state index >= 15 is 0 Å². The SMILES string of the molecule is CC1=C(C(=O)Nc2cc(C(F)(F)F)ccc2Cl)[C@H](c2ccc(N(C)C)cc2)C2=C(CC(C)(C)CC2=O)N1. The molecular weight excluding hydrogens is 503 g/mol. The smallest absolute Gasteiger partial charge is 0.378 e. The number of alkyl halides is 3. The van der Waals surface area contributed by atoms with Crippen LogP contribution in [0.3, 0.4) is 0 Å². The van der Waals surface area contributed by atoms with E-state index in [0.717, 1.165) is 35.1 Å². The number of rotatable bonds is 4. The van der Waals surface area contributed by atoms with Crippen molar-refractivity contribution in [2.75, 3.05) is 24.3 Å². The van der Waals surface area contributed by atoms with E-state index < -0.39 is 23.6 Å². The summed E-state index contributed by atoms with van der Waals surface area (Å²) in [5.74, 6) is -1.37. The summed E-state index contributed by atoms with van der Waals surface area (Å²) < 4.78 is 39.9. The third kappa shape index (κ3) is 5.39. The van der Waals surface area contributed by atoms with Crippen molar-refractivity contribution in [1.29, 1.82) is 0 Å². The van der Waals surface area contributed by atoms with Gasteiger partial charge in [0, 0.05) is 54.7 Å². The predicted molar refractivity (Wildman–Crippen MR) is 139 cm³/mol. The van der Waals surface area contributed by atoms with Crippen molar-refractivity contribution in [3.05, 3.63) is 81.2 Å². The van der Waals surface area contributed by atoms with Gasteiger partial charge in [-0.25, -0.2) is 0 Å². The Hall–Kier alpha value is -3.26. The number of Topliss-reactive ketones (excluding diaryl/α,β-unsaturated/α-hetero) is 1. The zero-order valence-electron chi connectivity index (χ0n) is 21.3. The minimum Gasteiger partial charge on any atom is -0.378 e. The summed E-state index contributed by atoms with van der Waals surface area (Å²) in [6, 6.07) is 10.3. The molecule has 37 heavy (non-hydrogen) atoms. The fourth-order valence-corrected chi connectivity index (χ4v) is 5.19. The van der Waals surface area contributed by atoms with Crippen molar-refractivity contribution in [1.82, 2.24) is 5.32 Å². The molecule has 2 aliphatic rings. The standard InChI is InChI=1S/C28H29ClF3N3O2/c1-15-23(26(37)34-20-12-17(28(30,31)32)8-11-19(20)29)24(16-6-9-18(10-7-16)35(4)5)25-21(33-15)13-27(2,3)14-22(25)36/h6-12,24,33H,13-14H2,1-5H3,(H,34,37)/t24-/m0/s1. The van der Waals surface area contributed by atoms with Crippen molar-refractivity contribution >= 4 is 34.7 Å². The molecule has 0 bridgehead atoms. The van der Waals surface area contributed by atoms with E-state index in [4.69, 9.17) is 11.6 Å². The molecule has 0 aromatic heterocycles. The number of anilines is 2. The molecule has 0 radical (unpaired) electrons. The number of carbonyl (C=O) groups is 2. The lowest BCUT2D eigenvalue weighted by Gasteiger charge is -2.39. The molecule has 2 aromatic carbocycles. The molecule has 196 valence electrons. The maximum Gasteiger partial charge on any atom is 0.416 e. The minimum absolute atomic E-state index is 0.0225. The summed E-state index contributed by atoms with van der Waals surface area (Å²) in [6.07, 6.45) is -3.64. The number of hydrogen-bond donors (Lipinski definition) is 2. The van der Waals surface area contributed by atoms with Gasteiger partial charge < -0.3 is 15.5 Å². The minimum atomic E-state index is -4.59. The lowest BCUT2D eigenvalue weighted by Crippen LogP contribution is -2.39. The van der Waals surface area contributed by atoms with Gasteiger partial charge in [0.1, 0.15) is 0 Å². The van der Waals surface area contributed by atoms with Crippen molar-refractivity contribution in [2.45, 2.75) is 45.7 Å². The van der Waals surface area contributed by atoms with E-state index in [0.29, 0.717) is 24.1 Å². The summed E-state index contributed by atoms with van der Waals surface area (Å²) in [4.78, 5) is 29.0. The molecule has 2 N–H and O–H groups in total. The van der Waals surface area contributed by atoms with Crippen LogP contribution in [0.1, 0.15) is 50.7 Å². The molecule has 0 fully saturated rings. The Morgan fingerprint density at radius 1 is 1.11 bits per heavy atom. The molecule has 1 aliphatic carbocycles. The second-order valence-electron chi connectivity index (χ2n) is 10.6. The van der Waals surface area contributed by atoms with Crippen molar-refractivity contribution in [3.8, 4) is 0 Å². The van der Waals surface area contributed by atoms with E-state index in [1.807, 2.05) is 57.1 Å². The highest BCUT2D eigenvalue weighted by atomic mass is 35.5. The third-order valence-electron chi connectivity index (χ3n) is 6.77. The third-order valence-corrected chi connectivity index (χ3v) is 7.10. The average Bonchev–Trinajstić information content (AvgIpc) is 2.78.